The topological polar surface area (TPSA) is 64.4 Å². The lowest BCUT2D eigenvalue weighted by molar-refractivity contribution is -0.117. The molecule has 1 aromatic carbocycles. The van der Waals surface area contributed by atoms with E-state index in [2.05, 4.69) is 4.98 Å². The van der Waals surface area contributed by atoms with Gasteiger partial charge in [0.15, 0.2) is 5.82 Å². The summed E-state index contributed by atoms with van der Waals surface area (Å²) in [4.78, 5) is 30.6. The van der Waals surface area contributed by atoms with Gasteiger partial charge in [-0.1, -0.05) is 0 Å². The number of amides is 1. The molecule has 6 heteroatoms. The standard InChI is InChI=1S/C16H17N3O3/c1-18-10-9-17-16(18)15(21)13-7-8-14(20)19(13)11-3-5-12(22-2)6-4-11/h3-6,9-10,13H,7-8H2,1-2H3. The summed E-state index contributed by atoms with van der Waals surface area (Å²) in [7, 11) is 3.36. The van der Waals surface area contributed by atoms with Gasteiger partial charge in [0.1, 0.15) is 11.8 Å². The van der Waals surface area contributed by atoms with Crippen molar-refractivity contribution >= 4 is 17.4 Å². The second-order valence-electron chi connectivity index (χ2n) is 5.24. The van der Waals surface area contributed by atoms with E-state index in [9.17, 15) is 9.59 Å². The van der Waals surface area contributed by atoms with E-state index in [0.717, 1.165) is 0 Å². The van der Waals surface area contributed by atoms with Crippen LogP contribution in [0.4, 0.5) is 5.69 Å². The fourth-order valence-electron chi connectivity index (χ4n) is 2.75. The van der Waals surface area contributed by atoms with Gasteiger partial charge in [-0.3, -0.25) is 9.59 Å². The van der Waals surface area contributed by atoms with Crippen molar-refractivity contribution in [2.45, 2.75) is 18.9 Å². The molecule has 114 valence electrons. The van der Waals surface area contributed by atoms with Crippen LogP contribution in [-0.2, 0) is 11.8 Å². The van der Waals surface area contributed by atoms with Crippen molar-refractivity contribution in [2.75, 3.05) is 12.0 Å². The Morgan fingerprint density at radius 3 is 2.64 bits per heavy atom. The Balaban J connectivity index is 1.92. The normalized spacial score (nSPS) is 17.8. The molecular weight excluding hydrogens is 282 g/mol. The molecule has 1 fully saturated rings. The van der Waals surface area contributed by atoms with E-state index in [1.54, 1.807) is 60.3 Å². The minimum Gasteiger partial charge on any atom is -0.497 e. The van der Waals surface area contributed by atoms with E-state index in [0.29, 0.717) is 30.1 Å². The first-order chi connectivity index (χ1) is 10.6. The predicted molar refractivity (Wildman–Crippen MR) is 81.0 cm³/mol. The first-order valence-corrected chi connectivity index (χ1v) is 7.09. The van der Waals surface area contributed by atoms with Gasteiger partial charge in [-0.2, -0.15) is 0 Å². The SMILES string of the molecule is COc1ccc(N2C(=O)CCC2C(=O)c2nccn2C)cc1. The zero-order valence-corrected chi connectivity index (χ0v) is 12.5. The van der Waals surface area contributed by atoms with Crippen LogP contribution in [0, 0.1) is 0 Å². The number of ketones is 1. The first kappa shape index (κ1) is 14.3. The second-order valence-corrected chi connectivity index (χ2v) is 5.24. The Morgan fingerprint density at radius 1 is 1.32 bits per heavy atom. The van der Waals surface area contributed by atoms with Crippen molar-refractivity contribution in [1.29, 1.82) is 0 Å². The molecular formula is C16H17N3O3. The third kappa shape index (κ3) is 2.36. The number of rotatable bonds is 4. The number of aryl methyl sites for hydroxylation is 1. The third-order valence-electron chi connectivity index (χ3n) is 3.91. The summed E-state index contributed by atoms with van der Waals surface area (Å²) in [5.41, 5.74) is 0.704. The Labute approximate surface area is 128 Å². The molecule has 0 saturated carbocycles. The largest absolute Gasteiger partial charge is 0.497 e. The highest BCUT2D eigenvalue weighted by Crippen LogP contribution is 2.29. The van der Waals surface area contributed by atoms with Gasteiger partial charge < -0.3 is 14.2 Å². The van der Waals surface area contributed by atoms with Crippen LogP contribution in [0.2, 0.25) is 0 Å². The van der Waals surface area contributed by atoms with E-state index in [1.165, 1.54) is 0 Å². The summed E-state index contributed by atoms with van der Waals surface area (Å²) in [5, 5.41) is 0. The number of Topliss-reactive ketones (excluding diaryl/α,β-unsaturated/α-hetero) is 1. The van der Waals surface area contributed by atoms with Gasteiger partial charge in [0.05, 0.1) is 7.11 Å². The summed E-state index contributed by atoms with van der Waals surface area (Å²) < 4.78 is 6.80. The van der Waals surface area contributed by atoms with E-state index in [4.69, 9.17) is 4.74 Å². The zero-order valence-electron chi connectivity index (χ0n) is 12.5. The average molecular weight is 299 g/mol. The van der Waals surface area contributed by atoms with Gasteiger partial charge in [-0.15, -0.1) is 0 Å². The summed E-state index contributed by atoms with van der Waals surface area (Å²) in [6.45, 7) is 0. The van der Waals surface area contributed by atoms with Crippen LogP contribution in [0.5, 0.6) is 5.75 Å². The molecule has 0 N–H and O–H groups in total. The average Bonchev–Trinajstić information content (AvgIpc) is 3.13. The number of benzene rings is 1. The van der Waals surface area contributed by atoms with Crippen molar-refractivity contribution < 1.29 is 14.3 Å². The molecule has 22 heavy (non-hydrogen) atoms. The smallest absolute Gasteiger partial charge is 0.227 e. The minimum absolute atomic E-state index is 0.0438. The number of anilines is 1. The van der Waals surface area contributed by atoms with Gasteiger partial charge >= 0.3 is 0 Å². The molecule has 1 saturated heterocycles. The van der Waals surface area contributed by atoms with E-state index >= 15 is 0 Å². The lowest BCUT2D eigenvalue weighted by atomic mass is 10.1. The van der Waals surface area contributed by atoms with Crippen LogP contribution in [0.3, 0.4) is 0 Å². The molecule has 3 rings (SSSR count). The third-order valence-corrected chi connectivity index (χ3v) is 3.91. The maximum absolute atomic E-state index is 12.7. The quantitative estimate of drug-likeness (QED) is 0.808. The summed E-state index contributed by atoms with van der Waals surface area (Å²) >= 11 is 0. The zero-order chi connectivity index (χ0) is 15.7. The van der Waals surface area contributed by atoms with Crippen molar-refractivity contribution in [2.24, 2.45) is 7.05 Å². The maximum Gasteiger partial charge on any atom is 0.227 e. The summed E-state index contributed by atoms with van der Waals surface area (Å²) in [6, 6.07) is 6.65. The minimum atomic E-state index is -0.498. The molecule has 6 nitrogen and oxygen atoms in total. The Morgan fingerprint density at radius 2 is 2.05 bits per heavy atom. The van der Waals surface area contributed by atoms with E-state index in [-0.39, 0.29) is 11.7 Å². The van der Waals surface area contributed by atoms with Gasteiger partial charge in [0, 0.05) is 31.5 Å². The highest BCUT2D eigenvalue weighted by Gasteiger charge is 2.38. The van der Waals surface area contributed by atoms with Crippen LogP contribution in [-0.4, -0.2) is 34.4 Å². The van der Waals surface area contributed by atoms with Crippen LogP contribution >= 0.6 is 0 Å². The van der Waals surface area contributed by atoms with Crippen LogP contribution in [0.25, 0.3) is 0 Å². The number of imidazole rings is 1. The molecule has 1 unspecified atom stereocenters. The molecule has 0 bridgehead atoms. The van der Waals surface area contributed by atoms with Crippen LogP contribution in [0.15, 0.2) is 36.7 Å². The van der Waals surface area contributed by atoms with Gasteiger partial charge in [-0.05, 0) is 30.7 Å². The molecule has 0 aliphatic carbocycles. The fraction of sp³-hybridized carbons (Fsp3) is 0.312. The number of nitrogens with zero attached hydrogens (tertiary/aromatic N) is 3. The molecule has 1 aliphatic heterocycles. The van der Waals surface area contributed by atoms with Crippen molar-refractivity contribution in [3.05, 3.63) is 42.5 Å². The highest BCUT2D eigenvalue weighted by molar-refractivity contribution is 6.09. The predicted octanol–water partition coefficient (Wildman–Crippen LogP) is 1.81. The number of carbonyl (C=O) groups excluding carboxylic acids is 2. The van der Waals surface area contributed by atoms with Crippen LogP contribution in [0.1, 0.15) is 23.5 Å². The number of hydrogen-bond donors (Lipinski definition) is 0. The number of hydrogen-bond acceptors (Lipinski definition) is 4. The Bertz CT molecular complexity index is 706. The lowest BCUT2D eigenvalue weighted by Crippen LogP contribution is -2.39. The molecule has 1 aromatic heterocycles. The number of methoxy groups -OCH3 is 1. The number of ether oxygens (including phenoxy) is 1. The monoisotopic (exact) mass is 299 g/mol. The Hall–Kier alpha value is -2.63. The second kappa shape index (κ2) is 5.63. The van der Waals surface area contributed by atoms with Crippen molar-refractivity contribution in [3.63, 3.8) is 0 Å². The van der Waals surface area contributed by atoms with E-state index in [1.807, 2.05) is 0 Å². The maximum atomic E-state index is 12.7. The number of aromatic nitrogens is 2. The highest BCUT2D eigenvalue weighted by atomic mass is 16.5. The molecule has 0 radical (unpaired) electrons. The molecule has 2 aromatic rings. The van der Waals surface area contributed by atoms with Gasteiger partial charge in [0.25, 0.3) is 0 Å². The van der Waals surface area contributed by atoms with Gasteiger partial charge in [-0.25, -0.2) is 4.98 Å². The molecule has 1 aliphatic rings. The fourth-order valence-corrected chi connectivity index (χ4v) is 2.75. The van der Waals surface area contributed by atoms with Crippen molar-refractivity contribution in [3.8, 4) is 5.75 Å². The molecule has 1 amide bonds. The van der Waals surface area contributed by atoms with Gasteiger partial charge in [0.2, 0.25) is 11.7 Å². The first-order valence-electron chi connectivity index (χ1n) is 7.09. The van der Waals surface area contributed by atoms with E-state index < -0.39 is 6.04 Å². The Kier molecular flexibility index (Phi) is 3.66. The lowest BCUT2D eigenvalue weighted by Gasteiger charge is -2.23. The summed E-state index contributed by atoms with van der Waals surface area (Å²) in [5.74, 6) is 0.910. The molecule has 0 spiro atoms. The molecule has 1 atom stereocenters. The van der Waals surface area contributed by atoms with Crippen molar-refractivity contribution in [1.82, 2.24) is 9.55 Å². The number of carbonyl (C=O) groups is 2. The van der Waals surface area contributed by atoms with Crippen LogP contribution < -0.4 is 9.64 Å². The molecule has 2 heterocycles. The summed E-state index contributed by atoms with van der Waals surface area (Å²) in [6.07, 6.45) is 4.19.